The van der Waals surface area contributed by atoms with Gasteiger partial charge in [-0.1, -0.05) is 31.9 Å². The van der Waals surface area contributed by atoms with Crippen LogP contribution in [0.4, 0.5) is 11.5 Å². The van der Waals surface area contributed by atoms with Gasteiger partial charge >= 0.3 is 0 Å². The second-order valence-electron chi connectivity index (χ2n) is 12.5. The van der Waals surface area contributed by atoms with Gasteiger partial charge in [0.05, 0.1) is 23.9 Å². The maximum atomic E-state index is 13.6. The normalized spacial score (nSPS) is 40.5. The van der Waals surface area contributed by atoms with Crippen LogP contribution < -0.4 is 16.6 Å². The highest BCUT2D eigenvalue weighted by molar-refractivity contribution is 6.30. The van der Waals surface area contributed by atoms with E-state index < -0.39 is 0 Å². The molecule has 0 amide bonds. The van der Waals surface area contributed by atoms with Crippen molar-refractivity contribution in [1.82, 2.24) is 4.98 Å². The van der Waals surface area contributed by atoms with Crippen LogP contribution in [0.15, 0.2) is 12.3 Å². The van der Waals surface area contributed by atoms with Crippen LogP contribution in [0, 0.1) is 46.3 Å². The molecule has 7 unspecified atom stereocenters. The van der Waals surface area contributed by atoms with E-state index in [1.807, 2.05) is 7.11 Å². The quantitative estimate of drug-likeness (QED) is 0.394. The average Bonchev–Trinajstić information content (AvgIpc) is 3.18. The second-order valence-corrected chi connectivity index (χ2v) is 13.0. The topological polar surface area (TPSA) is 94.5 Å². The van der Waals surface area contributed by atoms with E-state index in [1.165, 1.54) is 49.7 Å². The highest BCUT2D eigenvalue weighted by Gasteiger charge is 2.62. The van der Waals surface area contributed by atoms with Gasteiger partial charge in [-0.15, -0.1) is 0 Å². The van der Waals surface area contributed by atoms with Crippen LogP contribution in [-0.2, 0) is 9.53 Å². The number of carbonyl (C=O) groups excluding carboxylic acids is 1. The summed E-state index contributed by atoms with van der Waals surface area (Å²) in [6.45, 7) is 5.88. The number of pyridine rings is 1. The number of carbonyl (C=O) groups is 1. The number of hydrazine groups is 1. The summed E-state index contributed by atoms with van der Waals surface area (Å²) >= 11 is 6.10. The lowest BCUT2D eigenvalue weighted by Gasteiger charge is -2.62. The smallest absolute Gasteiger partial charge is 0.157 e. The zero-order valence-electron chi connectivity index (χ0n) is 21.6. The largest absolute Gasteiger partial charge is 0.384 e. The first-order chi connectivity index (χ1) is 16.7. The van der Waals surface area contributed by atoms with Crippen molar-refractivity contribution in [3.05, 3.63) is 17.3 Å². The van der Waals surface area contributed by atoms with Gasteiger partial charge in [-0.05, 0) is 97.9 Å². The molecule has 4 aliphatic rings. The third-order valence-corrected chi connectivity index (χ3v) is 11.1. The summed E-state index contributed by atoms with van der Waals surface area (Å²) in [5.74, 6) is 10.6. The molecule has 0 spiro atoms. The van der Waals surface area contributed by atoms with Gasteiger partial charge < -0.3 is 10.5 Å². The number of fused-ring (bicyclic) bond motifs is 5. The number of rotatable bonds is 6. The van der Waals surface area contributed by atoms with E-state index in [4.69, 9.17) is 27.9 Å². The van der Waals surface area contributed by atoms with Gasteiger partial charge in [-0.3, -0.25) is 9.80 Å². The average molecular weight is 503 g/mol. The Balaban J connectivity index is 1.34. The van der Waals surface area contributed by atoms with Crippen LogP contribution in [-0.4, -0.2) is 31.0 Å². The lowest BCUT2D eigenvalue weighted by atomic mass is 9.44. The molecule has 1 aromatic rings. The Bertz CT molecular complexity index is 959. The summed E-state index contributed by atoms with van der Waals surface area (Å²) in [6.07, 6.45) is 12.7. The number of nitrogens with zero attached hydrogens (tertiary/aromatic N) is 2. The van der Waals surface area contributed by atoms with E-state index >= 15 is 0 Å². The van der Waals surface area contributed by atoms with Crippen molar-refractivity contribution in [1.29, 1.82) is 0 Å². The molecule has 0 aromatic carbocycles. The summed E-state index contributed by atoms with van der Waals surface area (Å²) in [6, 6.07) is 1.68. The monoisotopic (exact) mass is 502 g/mol. The summed E-state index contributed by atoms with van der Waals surface area (Å²) in [4.78, 5) is 17.7. The highest BCUT2D eigenvalue weighted by atomic mass is 35.5. The van der Waals surface area contributed by atoms with Gasteiger partial charge in [0.2, 0.25) is 0 Å². The fraction of sp³-hybridized carbons (Fsp3) is 0.786. The number of Topliss-reactive ketones (excluding diaryl/α,β-unsaturated/α-hetero) is 1. The van der Waals surface area contributed by atoms with Crippen molar-refractivity contribution in [3.8, 4) is 0 Å². The SMILES string of the molecule is COC[C@]12CCC(C)CC1CCC1C3CCC(C(=O)CN(N)c4cc(Cl)cnc4N)C3(C)CCC12. The molecule has 1 aromatic heterocycles. The molecular weight excluding hydrogens is 460 g/mol. The Hall–Kier alpha value is -1.37. The first-order valence-electron chi connectivity index (χ1n) is 13.6. The summed E-state index contributed by atoms with van der Waals surface area (Å²) < 4.78 is 5.93. The Labute approximate surface area is 215 Å². The Kier molecular flexibility index (Phi) is 6.86. The minimum atomic E-state index is 0.0512. The van der Waals surface area contributed by atoms with Gasteiger partial charge in [0, 0.05) is 19.2 Å². The fourth-order valence-corrected chi connectivity index (χ4v) is 9.53. The molecular formula is C28H43ClN4O2. The number of ether oxygens (including phenoxy) is 1. The number of nitrogen functional groups attached to an aromatic ring is 1. The molecule has 35 heavy (non-hydrogen) atoms. The van der Waals surface area contributed by atoms with E-state index in [0.29, 0.717) is 33.8 Å². The minimum absolute atomic E-state index is 0.0512. The van der Waals surface area contributed by atoms with Crippen LogP contribution in [0.5, 0.6) is 0 Å². The predicted octanol–water partition coefficient (Wildman–Crippen LogP) is 5.49. The maximum absolute atomic E-state index is 13.6. The van der Waals surface area contributed by atoms with Crippen LogP contribution in [0.3, 0.4) is 0 Å². The first kappa shape index (κ1) is 25.3. The third kappa shape index (κ3) is 4.18. The minimum Gasteiger partial charge on any atom is -0.384 e. The van der Waals surface area contributed by atoms with Crippen molar-refractivity contribution in [2.45, 2.75) is 71.6 Å². The molecule has 8 atom stereocenters. The molecule has 4 saturated carbocycles. The standard InChI is InChI=1S/C28H43ClN4O2/c1-17-8-11-28(16-35-3)18(12-17)4-5-20-21-6-7-23(27(21,2)10-9-22(20)28)25(34)15-33(31)24-13-19(29)14-32-26(24)30/h13-14,17-18,20-23H,4-12,15-16,31H2,1-3H3,(H2,30,32)/t17?,18?,20?,21?,22?,23?,27?,28-/m1/s1. The third-order valence-electron chi connectivity index (χ3n) is 10.9. The highest BCUT2D eigenvalue weighted by Crippen LogP contribution is 2.68. The molecule has 1 heterocycles. The van der Waals surface area contributed by atoms with Crippen molar-refractivity contribution in [2.75, 3.05) is 31.0 Å². The lowest BCUT2D eigenvalue weighted by Crippen LogP contribution is -2.56. The van der Waals surface area contributed by atoms with Crippen LogP contribution in [0.2, 0.25) is 5.02 Å². The van der Waals surface area contributed by atoms with Crippen molar-refractivity contribution >= 4 is 28.9 Å². The number of aromatic nitrogens is 1. The van der Waals surface area contributed by atoms with Gasteiger partial charge in [-0.2, -0.15) is 0 Å². The van der Waals surface area contributed by atoms with Crippen molar-refractivity contribution in [2.24, 2.45) is 52.2 Å². The van der Waals surface area contributed by atoms with E-state index in [-0.39, 0.29) is 23.7 Å². The predicted molar refractivity (Wildman–Crippen MR) is 141 cm³/mol. The molecule has 194 valence electrons. The van der Waals surface area contributed by atoms with Gasteiger partial charge in [0.15, 0.2) is 5.78 Å². The van der Waals surface area contributed by atoms with Crippen LogP contribution >= 0.6 is 11.6 Å². The Morgan fingerprint density at radius 1 is 1.20 bits per heavy atom. The number of ketones is 1. The summed E-state index contributed by atoms with van der Waals surface area (Å²) in [5, 5.41) is 1.89. The van der Waals surface area contributed by atoms with E-state index in [0.717, 1.165) is 43.6 Å². The van der Waals surface area contributed by atoms with Crippen molar-refractivity contribution in [3.63, 3.8) is 0 Å². The number of anilines is 2. The Morgan fingerprint density at radius 3 is 2.77 bits per heavy atom. The van der Waals surface area contributed by atoms with Gasteiger partial charge in [0.1, 0.15) is 5.82 Å². The molecule has 0 radical (unpaired) electrons. The fourth-order valence-electron chi connectivity index (χ4n) is 9.38. The zero-order valence-corrected chi connectivity index (χ0v) is 22.4. The molecule has 5 rings (SSSR count). The number of halogens is 1. The van der Waals surface area contributed by atoms with Crippen LogP contribution in [0.1, 0.15) is 71.6 Å². The number of methoxy groups -OCH3 is 1. The molecule has 4 aliphatic carbocycles. The molecule has 0 bridgehead atoms. The zero-order chi connectivity index (χ0) is 25.0. The Morgan fingerprint density at radius 2 is 2.00 bits per heavy atom. The second kappa shape index (κ2) is 9.50. The summed E-state index contributed by atoms with van der Waals surface area (Å²) in [7, 11) is 1.89. The van der Waals surface area contributed by atoms with Crippen LogP contribution in [0.25, 0.3) is 0 Å². The van der Waals surface area contributed by atoms with Gasteiger partial charge in [0.25, 0.3) is 0 Å². The first-order valence-corrected chi connectivity index (χ1v) is 14.0. The molecule has 4 fully saturated rings. The van der Waals surface area contributed by atoms with E-state index in [2.05, 4.69) is 18.8 Å². The van der Waals surface area contributed by atoms with Crippen molar-refractivity contribution < 1.29 is 9.53 Å². The molecule has 6 nitrogen and oxygen atoms in total. The molecule has 0 saturated heterocycles. The molecule has 0 aliphatic heterocycles. The maximum Gasteiger partial charge on any atom is 0.157 e. The van der Waals surface area contributed by atoms with E-state index in [9.17, 15) is 4.79 Å². The number of hydrogen-bond donors (Lipinski definition) is 2. The van der Waals surface area contributed by atoms with Gasteiger partial charge in [-0.25, -0.2) is 10.8 Å². The molecule has 4 N–H and O–H groups in total. The van der Waals surface area contributed by atoms with E-state index in [1.54, 1.807) is 6.07 Å². The number of hydrogen-bond acceptors (Lipinski definition) is 6. The molecule has 7 heteroatoms. The lowest BCUT2D eigenvalue weighted by molar-refractivity contribution is -0.154. The summed E-state index contributed by atoms with van der Waals surface area (Å²) in [5.41, 5.74) is 6.93. The number of nitrogens with two attached hydrogens (primary N) is 2.